The van der Waals surface area contributed by atoms with Crippen molar-refractivity contribution in [3.8, 4) is 5.75 Å². The Balaban J connectivity index is 2.32. The van der Waals surface area contributed by atoms with E-state index in [9.17, 15) is 4.89 Å². The summed E-state index contributed by atoms with van der Waals surface area (Å²) >= 11 is 0. The van der Waals surface area contributed by atoms with Crippen molar-refractivity contribution in [2.24, 2.45) is 0 Å². The highest BCUT2D eigenvalue weighted by Gasteiger charge is 2.06. The molecule has 1 N–H and O–H groups in total. The van der Waals surface area contributed by atoms with Gasteiger partial charge in [0, 0.05) is 0 Å². The molecular weight excluding hydrogens is 187 g/mol. The van der Waals surface area contributed by atoms with E-state index in [2.05, 4.69) is 0 Å². The van der Waals surface area contributed by atoms with Crippen LogP contribution in [0.25, 0.3) is 0 Å². The van der Waals surface area contributed by atoms with Crippen LogP contribution in [0.15, 0.2) is 30.3 Å². The Hall–Kier alpha value is -0.630. The van der Waals surface area contributed by atoms with Gasteiger partial charge in [-0.1, -0.05) is 25.1 Å². The van der Waals surface area contributed by atoms with Gasteiger partial charge < -0.3 is 13.9 Å². The van der Waals surface area contributed by atoms with Crippen LogP contribution in [0.5, 0.6) is 5.75 Å². The molecule has 1 aromatic rings. The van der Waals surface area contributed by atoms with E-state index in [0.29, 0.717) is 12.4 Å². The third kappa shape index (κ3) is 4.23. The molecule has 0 saturated heterocycles. The largest absolute Gasteiger partial charge is 0.427 e. The van der Waals surface area contributed by atoms with Crippen molar-refractivity contribution < 1.29 is 13.9 Å². The molecule has 0 saturated carbocycles. The first kappa shape index (κ1) is 10.5. The third-order valence-electron chi connectivity index (χ3n) is 1.33. The van der Waals surface area contributed by atoms with Gasteiger partial charge in [-0.3, -0.25) is 0 Å². The predicted molar refractivity (Wildman–Crippen MR) is 52.5 cm³/mol. The molecule has 3 nitrogen and oxygen atoms in total. The fourth-order valence-corrected chi connectivity index (χ4v) is 1.46. The molecule has 0 aliphatic rings. The molecule has 0 aliphatic carbocycles. The van der Waals surface area contributed by atoms with Crippen molar-refractivity contribution >= 4 is 8.60 Å². The molecular formula is C9H13O3P. The van der Waals surface area contributed by atoms with E-state index in [4.69, 9.17) is 9.05 Å². The fourth-order valence-electron chi connectivity index (χ4n) is 0.767. The smallest absolute Gasteiger partial charge is 0.394 e. The van der Waals surface area contributed by atoms with Gasteiger partial charge in [0.15, 0.2) is 0 Å². The molecule has 1 unspecified atom stereocenters. The summed E-state index contributed by atoms with van der Waals surface area (Å²) in [4.78, 5) is 9.25. The molecule has 1 aromatic carbocycles. The maximum Gasteiger partial charge on any atom is 0.394 e. The minimum atomic E-state index is -1.76. The monoisotopic (exact) mass is 200 g/mol. The highest BCUT2D eigenvalue weighted by Crippen LogP contribution is 2.34. The van der Waals surface area contributed by atoms with Gasteiger partial charge in [0.25, 0.3) is 0 Å². The van der Waals surface area contributed by atoms with E-state index in [0.717, 1.165) is 6.42 Å². The second-order valence-electron chi connectivity index (χ2n) is 2.48. The van der Waals surface area contributed by atoms with E-state index in [1.807, 2.05) is 25.1 Å². The molecule has 13 heavy (non-hydrogen) atoms. The number of benzene rings is 1. The molecule has 0 heterocycles. The average molecular weight is 200 g/mol. The Kier molecular flexibility index (Phi) is 4.76. The van der Waals surface area contributed by atoms with Crippen molar-refractivity contribution in [1.82, 2.24) is 0 Å². The van der Waals surface area contributed by atoms with Gasteiger partial charge in [0.2, 0.25) is 0 Å². The average Bonchev–Trinajstić information content (AvgIpc) is 2.16. The van der Waals surface area contributed by atoms with Gasteiger partial charge >= 0.3 is 8.60 Å². The number of hydrogen-bond donors (Lipinski definition) is 1. The van der Waals surface area contributed by atoms with E-state index >= 15 is 0 Å². The maximum absolute atomic E-state index is 9.25. The summed E-state index contributed by atoms with van der Waals surface area (Å²) in [5, 5.41) is 0. The van der Waals surface area contributed by atoms with E-state index < -0.39 is 8.60 Å². The lowest BCUT2D eigenvalue weighted by Crippen LogP contribution is -1.92. The van der Waals surface area contributed by atoms with Crippen LogP contribution in [0.2, 0.25) is 0 Å². The molecule has 0 spiro atoms. The standard InChI is InChI=1S/C9H13O3P/c1-2-8-11-13(10)12-9-6-4-3-5-7-9/h3-7,10H,2,8H2,1H3. The van der Waals surface area contributed by atoms with Crippen molar-refractivity contribution in [1.29, 1.82) is 0 Å². The van der Waals surface area contributed by atoms with Gasteiger partial charge in [-0.05, 0) is 18.6 Å². The third-order valence-corrected chi connectivity index (χ3v) is 2.10. The van der Waals surface area contributed by atoms with Crippen LogP contribution in [0.4, 0.5) is 0 Å². The first-order valence-electron chi connectivity index (χ1n) is 4.18. The van der Waals surface area contributed by atoms with Crippen LogP contribution >= 0.6 is 8.60 Å². The SMILES string of the molecule is CCCOP(O)Oc1ccccc1. The second kappa shape index (κ2) is 5.92. The summed E-state index contributed by atoms with van der Waals surface area (Å²) in [5.41, 5.74) is 0. The summed E-state index contributed by atoms with van der Waals surface area (Å²) in [6, 6.07) is 9.14. The van der Waals surface area contributed by atoms with Crippen molar-refractivity contribution in [3.63, 3.8) is 0 Å². The zero-order valence-electron chi connectivity index (χ0n) is 7.51. The second-order valence-corrected chi connectivity index (χ2v) is 3.39. The summed E-state index contributed by atoms with van der Waals surface area (Å²) in [6.07, 6.45) is 0.873. The molecule has 0 aromatic heterocycles. The topological polar surface area (TPSA) is 38.7 Å². The lowest BCUT2D eigenvalue weighted by Gasteiger charge is -2.10. The molecule has 0 fully saturated rings. The van der Waals surface area contributed by atoms with Crippen LogP contribution in [-0.4, -0.2) is 11.5 Å². The van der Waals surface area contributed by atoms with Gasteiger partial charge in [-0.15, -0.1) is 0 Å². The normalized spacial score (nSPS) is 12.5. The Morgan fingerprint density at radius 3 is 2.62 bits per heavy atom. The zero-order valence-corrected chi connectivity index (χ0v) is 8.41. The molecule has 4 heteroatoms. The minimum Gasteiger partial charge on any atom is -0.427 e. The van der Waals surface area contributed by atoms with Crippen molar-refractivity contribution in [2.75, 3.05) is 6.61 Å². The lowest BCUT2D eigenvalue weighted by atomic mass is 10.3. The quantitative estimate of drug-likeness (QED) is 0.742. The van der Waals surface area contributed by atoms with E-state index in [1.165, 1.54) is 0 Å². The lowest BCUT2D eigenvalue weighted by molar-refractivity contribution is 0.261. The molecule has 0 bridgehead atoms. The first-order chi connectivity index (χ1) is 6.33. The number of rotatable bonds is 5. The highest BCUT2D eigenvalue weighted by atomic mass is 31.2. The van der Waals surface area contributed by atoms with E-state index in [1.54, 1.807) is 12.1 Å². The molecule has 0 aliphatic heterocycles. The van der Waals surface area contributed by atoms with Crippen LogP contribution in [0.3, 0.4) is 0 Å². The Morgan fingerprint density at radius 1 is 1.31 bits per heavy atom. The maximum atomic E-state index is 9.25. The van der Waals surface area contributed by atoms with Gasteiger partial charge in [0.05, 0.1) is 6.61 Å². The van der Waals surface area contributed by atoms with Gasteiger partial charge in [-0.2, -0.15) is 0 Å². The summed E-state index contributed by atoms with van der Waals surface area (Å²) < 4.78 is 10.1. The molecule has 0 amide bonds. The fraction of sp³-hybridized carbons (Fsp3) is 0.333. The van der Waals surface area contributed by atoms with Crippen molar-refractivity contribution in [3.05, 3.63) is 30.3 Å². The minimum absolute atomic E-state index is 0.523. The van der Waals surface area contributed by atoms with E-state index in [-0.39, 0.29) is 0 Å². The molecule has 1 atom stereocenters. The summed E-state index contributed by atoms with van der Waals surface area (Å²) in [7, 11) is -1.76. The molecule has 1 rings (SSSR count). The van der Waals surface area contributed by atoms with Crippen molar-refractivity contribution in [2.45, 2.75) is 13.3 Å². The van der Waals surface area contributed by atoms with Crippen LogP contribution in [0, 0.1) is 0 Å². The Morgan fingerprint density at radius 2 is 2.00 bits per heavy atom. The zero-order chi connectivity index (χ0) is 9.52. The highest BCUT2D eigenvalue weighted by molar-refractivity contribution is 7.41. The van der Waals surface area contributed by atoms with Crippen LogP contribution in [0.1, 0.15) is 13.3 Å². The van der Waals surface area contributed by atoms with Crippen LogP contribution in [-0.2, 0) is 4.52 Å². The first-order valence-corrected chi connectivity index (χ1v) is 5.31. The molecule has 72 valence electrons. The number of para-hydroxylation sites is 1. The molecule has 0 radical (unpaired) electrons. The van der Waals surface area contributed by atoms with Gasteiger partial charge in [-0.25, -0.2) is 0 Å². The summed E-state index contributed by atoms with van der Waals surface area (Å²) in [6.45, 7) is 2.50. The van der Waals surface area contributed by atoms with Crippen LogP contribution < -0.4 is 4.52 Å². The Bertz CT molecular complexity index is 228. The van der Waals surface area contributed by atoms with Gasteiger partial charge in [0.1, 0.15) is 5.75 Å². The number of hydrogen-bond acceptors (Lipinski definition) is 3. The predicted octanol–water partition coefficient (Wildman–Crippen LogP) is 2.71. The summed E-state index contributed by atoms with van der Waals surface area (Å²) in [5.74, 6) is 0.632. The Labute approximate surface area is 79.3 Å².